The maximum atomic E-state index is 13.4. The number of aliphatic hydroxyl groups is 4. The Labute approximate surface area is 490 Å². The molecule has 84 heavy (non-hydrogen) atoms. The van der Waals surface area contributed by atoms with Crippen molar-refractivity contribution in [1.82, 2.24) is 20.9 Å². The molecule has 1 aromatic rings. The van der Waals surface area contributed by atoms with E-state index in [1.165, 1.54) is 12.1 Å². The molecule has 0 aromatic heterocycles. The van der Waals surface area contributed by atoms with E-state index in [0.29, 0.717) is 157 Å². The van der Waals surface area contributed by atoms with Crippen LogP contribution in [0.5, 0.6) is 5.75 Å². The monoisotopic (exact) mass is 1200 g/mol. The average molecular weight is 1210 g/mol. The van der Waals surface area contributed by atoms with E-state index in [2.05, 4.69) is 28.2 Å². The lowest BCUT2D eigenvalue weighted by molar-refractivity contribution is -0.277. The van der Waals surface area contributed by atoms with Gasteiger partial charge in [0.2, 0.25) is 29.9 Å². The number of anilines is 1. The molecular weight excluding hydrogens is 1110 g/mol. The van der Waals surface area contributed by atoms with Crippen molar-refractivity contribution in [2.24, 2.45) is 0 Å². The number of methoxy groups -OCH3 is 1. The molecule has 2 aliphatic heterocycles. The van der Waals surface area contributed by atoms with Gasteiger partial charge < -0.3 is 108 Å². The van der Waals surface area contributed by atoms with Crippen molar-refractivity contribution in [2.45, 2.75) is 75.3 Å². The summed E-state index contributed by atoms with van der Waals surface area (Å²) in [6, 6.07) is 3.38. The molecule has 8 N–H and O–H groups in total. The Balaban J connectivity index is 1.16. The summed E-state index contributed by atoms with van der Waals surface area (Å²) in [6.45, 7) is 13.1. The highest BCUT2D eigenvalue weighted by molar-refractivity contribution is 6.13. The van der Waals surface area contributed by atoms with Gasteiger partial charge in [-0.3, -0.25) is 33.7 Å². The minimum atomic E-state index is -1.71. The summed E-state index contributed by atoms with van der Waals surface area (Å²) < 4.78 is 76.2. The van der Waals surface area contributed by atoms with Crippen molar-refractivity contribution >= 4 is 41.1 Å². The van der Waals surface area contributed by atoms with Crippen LogP contribution >= 0.6 is 0 Å². The van der Waals surface area contributed by atoms with Gasteiger partial charge in [0, 0.05) is 58.2 Å². The SMILES string of the molecule is [CH2]c1ccc(O[C@H]2O[C@H](CO)[C@@H](O)[C@H](O)[C@@H]2O)c(NC(=O)CCNC(=O)[C@H](CCCCNC(=O)CCOCCOCCOCCOCCOCCOCCOCCOCCOCCOCCOCCOC)NC(=O)CCN2C(=O)C=CC2=O)c1. The van der Waals surface area contributed by atoms with E-state index in [9.17, 15) is 49.2 Å². The van der Waals surface area contributed by atoms with Crippen LogP contribution in [0.3, 0.4) is 0 Å². The fraction of sp³-hybridized carbons (Fsp3) is 0.727. The zero-order valence-corrected chi connectivity index (χ0v) is 48.3. The van der Waals surface area contributed by atoms with E-state index < -0.39 is 72.9 Å². The highest BCUT2D eigenvalue weighted by Crippen LogP contribution is 2.30. The van der Waals surface area contributed by atoms with Crippen molar-refractivity contribution < 1.29 is 116 Å². The number of unbranched alkanes of at least 4 members (excludes halogenated alkanes) is 1. The van der Waals surface area contributed by atoms with Crippen LogP contribution in [0.2, 0.25) is 0 Å². The molecule has 1 fully saturated rings. The number of carbonyl (C=O) groups excluding carboxylic acids is 6. The Morgan fingerprint density at radius 1 is 0.571 bits per heavy atom. The van der Waals surface area contributed by atoms with Crippen molar-refractivity contribution in [3.63, 3.8) is 0 Å². The number of carbonyl (C=O) groups is 6. The molecule has 29 nitrogen and oxygen atoms in total. The van der Waals surface area contributed by atoms with Gasteiger partial charge in [0.15, 0.2) is 0 Å². The minimum Gasteiger partial charge on any atom is -0.460 e. The number of nitrogens with zero attached hydrogens (tertiary/aromatic N) is 1. The molecule has 29 heteroatoms. The van der Waals surface area contributed by atoms with Crippen LogP contribution in [-0.4, -0.2) is 283 Å². The van der Waals surface area contributed by atoms with Crippen LogP contribution in [0.15, 0.2) is 30.4 Å². The summed E-state index contributed by atoms with van der Waals surface area (Å²) in [4.78, 5) is 76.7. The van der Waals surface area contributed by atoms with Crippen LogP contribution in [0.4, 0.5) is 5.69 Å². The number of rotatable bonds is 53. The van der Waals surface area contributed by atoms with Gasteiger partial charge in [-0.15, -0.1) is 0 Å². The molecule has 0 spiro atoms. The first-order valence-corrected chi connectivity index (χ1v) is 28.3. The molecule has 2 aliphatic rings. The Bertz CT molecular complexity index is 1990. The van der Waals surface area contributed by atoms with Gasteiger partial charge in [-0.05, 0) is 43.9 Å². The second-order valence-electron chi connectivity index (χ2n) is 18.6. The molecule has 0 saturated carbocycles. The normalized spacial score (nSPS) is 18.1. The van der Waals surface area contributed by atoms with E-state index in [0.717, 1.165) is 17.1 Å². The summed E-state index contributed by atoms with van der Waals surface area (Å²) in [6.07, 6.45) is -4.98. The predicted molar refractivity (Wildman–Crippen MR) is 296 cm³/mol. The smallest absolute Gasteiger partial charge is 0.253 e. The fourth-order valence-electron chi connectivity index (χ4n) is 7.50. The van der Waals surface area contributed by atoms with Gasteiger partial charge in [-0.2, -0.15) is 0 Å². The first-order valence-electron chi connectivity index (χ1n) is 28.3. The van der Waals surface area contributed by atoms with Crippen LogP contribution in [0.1, 0.15) is 44.1 Å². The molecule has 1 aromatic carbocycles. The van der Waals surface area contributed by atoms with Crippen LogP contribution < -0.4 is 26.0 Å². The van der Waals surface area contributed by atoms with Gasteiger partial charge in [-0.25, -0.2) is 0 Å². The van der Waals surface area contributed by atoms with Gasteiger partial charge in [0.25, 0.3) is 11.8 Å². The predicted octanol–water partition coefficient (Wildman–Crippen LogP) is -2.20. The molecule has 479 valence electrons. The Hall–Kier alpha value is -4.90. The van der Waals surface area contributed by atoms with Crippen molar-refractivity contribution in [3.8, 4) is 5.75 Å². The summed E-state index contributed by atoms with van der Waals surface area (Å²) >= 11 is 0. The number of aliphatic hydroxyl groups excluding tert-OH is 4. The molecule has 0 unspecified atom stereocenters. The van der Waals surface area contributed by atoms with E-state index in [1.807, 2.05) is 0 Å². The lowest BCUT2D eigenvalue weighted by Crippen LogP contribution is -2.60. The Kier molecular flexibility index (Phi) is 41.3. The standard InChI is InChI=1S/C55H90N5O24/c1-41-6-7-44(83-55-53(69)52(68)51(67)45(40-61)84-55)43(39-41)59-47(63)10-14-57-54(70)42(58-48(64)11-15-60-49(65)8-9-50(60)66)5-3-4-13-56-46(62)12-16-72-19-20-74-23-24-76-27-28-78-31-32-80-35-36-82-38-37-81-34-33-79-30-29-77-26-25-75-22-21-73-18-17-71-2/h6-9,39,42,45,51-53,55,61,67-69H,1,3-5,10-38,40H2,2H3,(H,56,62)(H,57,70)(H,58,64)(H,59,63)/t42-,45+,51+,52-,53-,55-/m0/s1. The summed E-state index contributed by atoms with van der Waals surface area (Å²) in [5.74, 6) is -3.13. The highest BCUT2D eigenvalue weighted by atomic mass is 16.7. The Morgan fingerprint density at radius 2 is 1.05 bits per heavy atom. The van der Waals surface area contributed by atoms with E-state index >= 15 is 0 Å². The van der Waals surface area contributed by atoms with Gasteiger partial charge in [0.1, 0.15) is 36.2 Å². The molecule has 0 bridgehead atoms. The molecule has 1 radical (unpaired) electrons. The lowest BCUT2D eigenvalue weighted by atomic mass is 9.99. The zero-order chi connectivity index (χ0) is 60.8. The Morgan fingerprint density at radius 3 is 1.52 bits per heavy atom. The fourth-order valence-corrected chi connectivity index (χ4v) is 7.50. The number of imide groups is 1. The number of ether oxygens (including phenoxy) is 14. The van der Waals surface area contributed by atoms with Crippen molar-refractivity contribution in [2.75, 3.05) is 191 Å². The van der Waals surface area contributed by atoms with Crippen LogP contribution in [0, 0.1) is 6.92 Å². The first-order chi connectivity index (χ1) is 40.8. The number of benzene rings is 1. The third-order valence-electron chi connectivity index (χ3n) is 12.0. The molecular formula is C55H90N5O24. The molecule has 6 atom stereocenters. The van der Waals surface area contributed by atoms with Crippen LogP contribution in [-0.2, 0) is 90.3 Å². The largest absolute Gasteiger partial charge is 0.460 e. The number of amides is 6. The van der Waals surface area contributed by atoms with Gasteiger partial charge in [0.05, 0.1) is 164 Å². The third kappa shape index (κ3) is 33.7. The summed E-state index contributed by atoms with van der Waals surface area (Å²) in [7, 11) is 1.63. The minimum absolute atomic E-state index is 0.00819. The summed E-state index contributed by atoms with van der Waals surface area (Å²) in [5, 5.41) is 51.0. The third-order valence-corrected chi connectivity index (χ3v) is 12.0. The van der Waals surface area contributed by atoms with E-state index in [1.54, 1.807) is 13.2 Å². The van der Waals surface area contributed by atoms with E-state index in [4.69, 9.17) is 66.3 Å². The van der Waals surface area contributed by atoms with Crippen LogP contribution in [0.25, 0.3) is 0 Å². The van der Waals surface area contributed by atoms with Crippen molar-refractivity contribution in [1.29, 1.82) is 0 Å². The lowest BCUT2D eigenvalue weighted by Gasteiger charge is -2.39. The van der Waals surface area contributed by atoms with Gasteiger partial charge in [-0.1, -0.05) is 6.07 Å². The highest BCUT2D eigenvalue weighted by Gasteiger charge is 2.45. The molecule has 1 saturated heterocycles. The van der Waals surface area contributed by atoms with E-state index in [-0.39, 0.29) is 75.9 Å². The van der Waals surface area contributed by atoms with Crippen molar-refractivity contribution in [3.05, 3.63) is 42.8 Å². The number of nitrogens with one attached hydrogen (secondary N) is 4. The average Bonchev–Trinajstić information content (AvgIpc) is 3.69. The topological polar surface area (TPSA) is 364 Å². The van der Waals surface area contributed by atoms with Gasteiger partial charge >= 0.3 is 0 Å². The molecule has 3 rings (SSSR count). The second-order valence-corrected chi connectivity index (χ2v) is 18.6. The second kappa shape index (κ2) is 47.3. The molecule has 6 amide bonds. The first kappa shape index (κ1) is 73.4. The maximum absolute atomic E-state index is 13.4. The summed E-state index contributed by atoms with van der Waals surface area (Å²) in [5.41, 5.74) is 0.584. The molecule has 0 aliphatic carbocycles. The quantitative estimate of drug-likeness (QED) is 0.0253. The number of hydrogen-bond donors (Lipinski definition) is 8. The molecule has 2 heterocycles. The zero-order valence-electron chi connectivity index (χ0n) is 48.3. The maximum Gasteiger partial charge on any atom is 0.253 e. The number of hydrogen-bond acceptors (Lipinski definition) is 24.